The van der Waals surface area contributed by atoms with Crippen molar-refractivity contribution in [3.05, 3.63) is 58.9 Å². The van der Waals surface area contributed by atoms with Crippen LogP contribution in [0, 0.1) is 12.7 Å². The van der Waals surface area contributed by atoms with Crippen LogP contribution in [0.4, 0.5) is 4.39 Å². The van der Waals surface area contributed by atoms with Gasteiger partial charge in [-0.1, -0.05) is 12.1 Å². The summed E-state index contributed by atoms with van der Waals surface area (Å²) in [4.78, 5) is 25.5. The van der Waals surface area contributed by atoms with Crippen molar-refractivity contribution in [1.82, 2.24) is 4.90 Å². The lowest BCUT2D eigenvalue weighted by molar-refractivity contribution is -0.142. The summed E-state index contributed by atoms with van der Waals surface area (Å²) >= 11 is 0. The summed E-state index contributed by atoms with van der Waals surface area (Å²) < 4.78 is 29.2. The highest BCUT2D eigenvalue weighted by Gasteiger charge is 2.19. The Morgan fingerprint density at radius 3 is 2.32 bits per heavy atom. The lowest BCUT2D eigenvalue weighted by atomic mass is 10.1. The molecule has 0 aliphatic heterocycles. The molecular weight excluding hydrogens is 405 g/mol. The minimum absolute atomic E-state index is 0.0815. The van der Waals surface area contributed by atoms with E-state index in [0.29, 0.717) is 36.4 Å². The highest BCUT2D eigenvalue weighted by atomic mass is 19.1. The van der Waals surface area contributed by atoms with Crippen LogP contribution in [0.3, 0.4) is 0 Å². The Labute approximate surface area is 181 Å². The zero-order valence-corrected chi connectivity index (χ0v) is 18.0. The number of carbonyl (C=O) groups excluding carboxylic acids is 1. The van der Waals surface area contributed by atoms with E-state index >= 15 is 0 Å². The molecule has 0 saturated heterocycles. The van der Waals surface area contributed by atoms with Gasteiger partial charge in [0.25, 0.3) is 5.91 Å². The number of nitrogens with zero attached hydrogens (tertiary/aromatic N) is 1. The van der Waals surface area contributed by atoms with Crippen molar-refractivity contribution < 1.29 is 33.3 Å². The molecule has 0 radical (unpaired) electrons. The number of carbonyl (C=O) groups is 2. The number of halogens is 1. The van der Waals surface area contributed by atoms with Crippen LogP contribution in [-0.2, 0) is 16.0 Å². The molecule has 7 nitrogen and oxygen atoms in total. The molecule has 31 heavy (non-hydrogen) atoms. The monoisotopic (exact) mass is 433 g/mol. The second kappa shape index (κ2) is 11.9. The van der Waals surface area contributed by atoms with Crippen molar-refractivity contribution in [2.24, 2.45) is 0 Å². The Morgan fingerprint density at radius 1 is 1.06 bits per heavy atom. The summed E-state index contributed by atoms with van der Waals surface area (Å²) in [5.41, 5.74) is 2.01. The van der Waals surface area contributed by atoms with Gasteiger partial charge in [-0.05, 0) is 49.6 Å². The lowest BCUT2D eigenvalue weighted by Gasteiger charge is -2.23. The summed E-state index contributed by atoms with van der Waals surface area (Å²) in [7, 11) is 3.04. The van der Waals surface area contributed by atoms with Crippen molar-refractivity contribution in [2.45, 2.75) is 19.8 Å². The topological polar surface area (TPSA) is 85.3 Å². The van der Waals surface area contributed by atoms with E-state index in [4.69, 9.17) is 19.3 Å². The summed E-state index contributed by atoms with van der Waals surface area (Å²) in [5.74, 6) is -0.563. The molecule has 0 fully saturated rings. The fourth-order valence-corrected chi connectivity index (χ4v) is 3.21. The van der Waals surface area contributed by atoms with Crippen molar-refractivity contribution in [1.29, 1.82) is 0 Å². The number of methoxy groups -OCH3 is 2. The van der Waals surface area contributed by atoms with Crippen LogP contribution < -0.4 is 9.47 Å². The normalized spacial score (nSPS) is 10.6. The zero-order chi connectivity index (χ0) is 22.8. The van der Waals surface area contributed by atoms with Crippen LogP contribution in [-0.4, -0.2) is 62.4 Å². The van der Waals surface area contributed by atoms with Gasteiger partial charge in [-0.3, -0.25) is 4.79 Å². The third kappa shape index (κ3) is 7.25. The van der Waals surface area contributed by atoms with Gasteiger partial charge >= 0.3 is 5.97 Å². The van der Waals surface area contributed by atoms with E-state index in [9.17, 15) is 14.0 Å². The molecule has 0 bridgehead atoms. The number of aliphatic carboxylic acids is 1. The lowest BCUT2D eigenvalue weighted by Crippen LogP contribution is -2.35. The molecule has 0 spiro atoms. The molecule has 2 aromatic carbocycles. The van der Waals surface area contributed by atoms with Gasteiger partial charge in [0.2, 0.25) is 0 Å². The number of hydrogen-bond acceptors (Lipinski definition) is 5. The van der Waals surface area contributed by atoms with Crippen molar-refractivity contribution in [3.63, 3.8) is 0 Å². The molecule has 2 aromatic rings. The van der Waals surface area contributed by atoms with Gasteiger partial charge in [0.1, 0.15) is 23.9 Å². The van der Waals surface area contributed by atoms with Gasteiger partial charge in [-0.25, -0.2) is 9.18 Å². The Morgan fingerprint density at radius 2 is 1.74 bits per heavy atom. The molecule has 0 aliphatic rings. The quantitative estimate of drug-likeness (QED) is 0.517. The molecule has 0 unspecified atom stereocenters. The molecule has 1 amide bonds. The number of amides is 1. The van der Waals surface area contributed by atoms with Gasteiger partial charge in [0.05, 0.1) is 20.8 Å². The highest BCUT2D eigenvalue weighted by Crippen LogP contribution is 2.30. The molecule has 8 heteroatoms. The first kappa shape index (κ1) is 24.1. The van der Waals surface area contributed by atoms with Crippen molar-refractivity contribution >= 4 is 11.9 Å². The average molecular weight is 433 g/mol. The summed E-state index contributed by atoms with van der Waals surface area (Å²) in [6.07, 6.45) is 1.20. The Bertz CT molecular complexity index is 876. The van der Waals surface area contributed by atoms with Crippen molar-refractivity contribution in [3.8, 4) is 11.5 Å². The van der Waals surface area contributed by atoms with Gasteiger partial charge in [0, 0.05) is 24.2 Å². The predicted molar refractivity (Wildman–Crippen MR) is 113 cm³/mol. The Hall–Kier alpha value is -3.13. The first-order valence-electron chi connectivity index (χ1n) is 9.91. The molecule has 2 rings (SSSR count). The van der Waals surface area contributed by atoms with Crippen molar-refractivity contribution in [2.75, 3.05) is 40.5 Å². The van der Waals surface area contributed by atoms with Crippen LogP contribution >= 0.6 is 0 Å². The maximum Gasteiger partial charge on any atom is 0.329 e. The zero-order valence-electron chi connectivity index (χ0n) is 18.0. The largest absolute Gasteiger partial charge is 0.496 e. The van der Waals surface area contributed by atoms with Crippen LogP contribution in [0.25, 0.3) is 0 Å². The van der Waals surface area contributed by atoms with E-state index in [-0.39, 0.29) is 24.9 Å². The van der Waals surface area contributed by atoms with Crippen LogP contribution in [0.15, 0.2) is 36.4 Å². The van der Waals surface area contributed by atoms with E-state index in [1.54, 1.807) is 23.1 Å². The first-order valence-corrected chi connectivity index (χ1v) is 9.91. The van der Waals surface area contributed by atoms with Gasteiger partial charge < -0.3 is 24.2 Å². The molecule has 0 atom stereocenters. The van der Waals surface area contributed by atoms with Crippen LogP contribution in [0.5, 0.6) is 11.5 Å². The molecular formula is C23H28FNO6. The van der Waals surface area contributed by atoms with E-state index < -0.39 is 12.6 Å². The summed E-state index contributed by atoms with van der Waals surface area (Å²) in [6.45, 7) is 2.09. The van der Waals surface area contributed by atoms with Gasteiger partial charge in [-0.15, -0.1) is 0 Å². The second-order valence-corrected chi connectivity index (χ2v) is 6.98. The number of carboxylic acid groups (broad SMARTS) is 1. The Balaban J connectivity index is 2.14. The highest BCUT2D eigenvalue weighted by molar-refractivity contribution is 5.95. The number of carboxylic acids is 1. The molecule has 0 saturated carbocycles. The van der Waals surface area contributed by atoms with Gasteiger partial charge in [0.15, 0.2) is 0 Å². The van der Waals surface area contributed by atoms with Crippen LogP contribution in [0.2, 0.25) is 0 Å². The first-order chi connectivity index (χ1) is 14.8. The fraction of sp³-hybridized carbons (Fsp3) is 0.391. The number of aryl methyl sites for hydroxylation is 1. The van der Waals surface area contributed by atoms with E-state index in [1.807, 2.05) is 13.0 Å². The molecule has 0 aliphatic carbocycles. The minimum atomic E-state index is -1.07. The Kier molecular flexibility index (Phi) is 9.27. The van der Waals surface area contributed by atoms with E-state index in [1.165, 1.54) is 26.4 Å². The summed E-state index contributed by atoms with van der Waals surface area (Å²) in [6, 6.07) is 9.64. The molecule has 0 heterocycles. The SMILES string of the molecule is COc1cc(C(=O)N(CCCc2cccc(F)c2)CCOCC(=O)O)cc(OC)c1C. The third-order valence-electron chi connectivity index (χ3n) is 4.80. The third-order valence-corrected chi connectivity index (χ3v) is 4.80. The maximum absolute atomic E-state index is 13.4. The molecule has 168 valence electrons. The van der Waals surface area contributed by atoms with E-state index in [0.717, 1.165) is 11.1 Å². The number of hydrogen-bond donors (Lipinski definition) is 1. The maximum atomic E-state index is 13.4. The number of rotatable bonds is 12. The number of ether oxygens (including phenoxy) is 3. The number of benzene rings is 2. The summed E-state index contributed by atoms with van der Waals surface area (Å²) in [5, 5.41) is 8.73. The molecule has 0 aromatic heterocycles. The van der Waals surface area contributed by atoms with Crippen LogP contribution in [0.1, 0.15) is 27.9 Å². The second-order valence-electron chi connectivity index (χ2n) is 6.98. The predicted octanol–water partition coefficient (Wildman–Crippen LogP) is 3.33. The standard InChI is InChI=1S/C23H28FNO6/c1-16-20(29-2)13-18(14-21(16)30-3)23(28)25(10-11-31-15-22(26)27)9-5-7-17-6-4-8-19(24)12-17/h4,6,8,12-14H,5,7,9-11,15H2,1-3H3,(H,26,27). The molecule has 1 N–H and O–H groups in total. The fourth-order valence-electron chi connectivity index (χ4n) is 3.21. The smallest absolute Gasteiger partial charge is 0.329 e. The minimum Gasteiger partial charge on any atom is -0.496 e. The van der Waals surface area contributed by atoms with Gasteiger partial charge in [-0.2, -0.15) is 0 Å². The average Bonchev–Trinajstić information content (AvgIpc) is 2.75. The van der Waals surface area contributed by atoms with E-state index in [2.05, 4.69) is 0 Å².